The van der Waals surface area contributed by atoms with Gasteiger partial charge >= 0.3 is 0 Å². The SMILES string of the molecule is N#CC1=C(N)C(C#N)(C#N)[C@H](c2cccc(Br)c2)[C@@H]2CCCC=C12. The van der Waals surface area contributed by atoms with Gasteiger partial charge in [0.25, 0.3) is 0 Å². The molecule has 0 aromatic heterocycles. The summed E-state index contributed by atoms with van der Waals surface area (Å²) in [7, 11) is 0. The molecule has 2 aliphatic rings. The molecule has 0 heterocycles. The zero-order valence-corrected chi connectivity index (χ0v) is 14.5. The number of nitriles is 3. The van der Waals surface area contributed by atoms with Crippen LogP contribution in [0.5, 0.6) is 0 Å². The fraction of sp³-hybridized carbons (Fsp3) is 0.316. The van der Waals surface area contributed by atoms with Crippen LogP contribution in [0.15, 0.2) is 51.7 Å². The molecule has 0 bridgehead atoms. The third-order valence-electron chi connectivity index (χ3n) is 5.01. The van der Waals surface area contributed by atoms with E-state index in [4.69, 9.17) is 5.73 Å². The lowest BCUT2D eigenvalue weighted by Gasteiger charge is -2.43. The highest BCUT2D eigenvalue weighted by atomic mass is 79.9. The van der Waals surface area contributed by atoms with Crippen LogP contribution in [0.25, 0.3) is 0 Å². The van der Waals surface area contributed by atoms with E-state index in [2.05, 4.69) is 34.1 Å². The Morgan fingerprint density at radius 2 is 1.96 bits per heavy atom. The molecule has 0 amide bonds. The quantitative estimate of drug-likeness (QED) is 0.796. The summed E-state index contributed by atoms with van der Waals surface area (Å²) < 4.78 is 0.889. The van der Waals surface area contributed by atoms with E-state index in [0.29, 0.717) is 5.57 Å². The van der Waals surface area contributed by atoms with E-state index in [0.717, 1.165) is 34.9 Å². The molecular formula is C19H15BrN4. The van der Waals surface area contributed by atoms with Gasteiger partial charge in [0.2, 0.25) is 0 Å². The molecule has 3 rings (SSSR count). The monoisotopic (exact) mass is 378 g/mol. The molecule has 1 aromatic rings. The number of nitrogens with two attached hydrogens (primary N) is 1. The van der Waals surface area contributed by atoms with Gasteiger partial charge in [0, 0.05) is 10.4 Å². The van der Waals surface area contributed by atoms with Gasteiger partial charge in [-0.3, -0.25) is 0 Å². The average molecular weight is 379 g/mol. The summed E-state index contributed by atoms with van der Waals surface area (Å²) in [6, 6.07) is 14.1. The lowest BCUT2D eigenvalue weighted by Crippen LogP contribution is -2.42. The first-order valence-electron chi connectivity index (χ1n) is 7.77. The molecular weight excluding hydrogens is 364 g/mol. The number of halogens is 1. The summed E-state index contributed by atoms with van der Waals surface area (Å²) in [5.41, 5.74) is 6.89. The molecule has 0 saturated heterocycles. The van der Waals surface area contributed by atoms with Crippen LogP contribution in [-0.4, -0.2) is 0 Å². The summed E-state index contributed by atoms with van der Waals surface area (Å²) in [4.78, 5) is 0. The highest BCUT2D eigenvalue weighted by Crippen LogP contribution is 2.55. The minimum atomic E-state index is -1.52. The summed E-state index contributed by atoms with van der Waals surface area (Å²) in [5, 5.41) is 29.3. The summed E-state index contributed by atoms with van der Waals surface area (Å²) in [5.74, 6) is -0.428. The van der Waals surface area contributed by atoms with Crippen molar-refractivity contribution in [2.24, 2.45) is 17.1 Å². The van der Waals surface area contributed by atoms with Crippen molar-refractivity contribution < 1.29 is 0 Å². The lowest BCUT2D eigenvalue weighted by molar-refractivity contribution is 0.317. The lowest BCUT2D eigenvalue weighted by atomic mass is 9.57. The zero-order valence-electron chi connectivity index (χ0n) is 13.0. The van der Waals surface area contributed by atoms with Crippen LogP contribution >= 0.6 is 15.9 Å². The molecule has 0 aliphatic heterocycles. The van der Waals surface area contributed by atoms with Crippen LogP contribution in [0, 0.1) is 45.3 Å². The molecule has 0 fully saturated rings. The Hall–Kier alpha value is -2.55. The summed E-state index contributed by atoms with van der Waals surface area (Å²) >= 11 is 3.46. The predicted octanol–water partition coefficient (Wildman–Crippen LogP) is 4.04. The fourth-order valence-electron chi connectivity index (χ4n) is 3.95. The standard InChI is InChI=1S/C19H15BrN4/c20-13-5-3-4-12(8-13)17-15-7-2-1-6-14(15)16(9-21)18(24)19(17,10-22)11-23/h3-6,8,15,17H,1-2,7,24H2/t15-,17-/m1/s1. The van der Waals surface area contributed by atoms with E-state index in [-0.39, 0.29) is 17.5 Å². The molecule has 0 saturated carbocycles. The summed E-state index contributed by atoms with van der Waals surface area (Å²) in [6.07, 6.45) is 4.75. The van der Waals surface area contributed by atoms with Crippen molar-refractivity contribution in [3.8, 4) is 18.2 Å². The third-order valence-corrected chi connectivity index (χ3v) is 5.50. The number of hydrogen-bond donors (Lipinski definition) is 1. The Morgan fingerprint density at radius 3 is 2.58 bits per heavy atom. The van der Waals surface area contributed by atoms with Crippen LogP contribution in [0.2, 0.25) is 0 Å². The maximum Gasteiger partial charge on any atom is 0.191 e. The van der Waals surface area contributed by atoms with E-state index in [9.17, 15) is 15.8 Å². The predicted molar refractivity (Wildman–Crippen MR) is 92.8 cm³/mol. The second-order valence-corrected chi connectivity index (χ2v) is 7.08. The van der Waals surface area contributed by atoms with Crippen molar-refractivity contribution >= 4 is 15.9 Å². The smallest absolute Gasteiger partial charge is 0.191 e. The molecule has 1 aromatic carbocycles. The van der Waals surface area contributed by atoms with Crippen molar-refractivity contribution in [3.63, 3.8) is 0 Å². The Kier molecular flexibility index (Phi) is 4.18. The van der Waals surface area contributed by atoms with Crippen LogP contribution in [-0.2, 0) is 0 Å². The first-order valence-corrected chi connectivity index (χ1v) is 8.57. The molecule has 118 valence electrons. The number of nitrogens with zero attached hydrogens (tertiary/aromatic N) is 3. The van der Waals surface area contributed by atoms with Gasteiger partial charge in [0.15, 0.2) is 5.41 Å². The van der Waals surface area contributed by atoms with Crippen LogP contribution in [0.1, 0.15) is 30.7 Å². The minimum Gasteiger partial charge on any atom is -0.399 e. The van der Waals surface area contributed by atoms with Crippen molar-refractivity contribution in [1.29, 1.82) is 15.8 Å². The molecule has 2 N–H and O–H groups in total. The van der Waals surface area contributed by atoms with Gasteiger partial charge in [-0.2, -0.15) is 15.8 Å². The van der Waals surface area contributed by atoms with E-state index in [1.807, 2.05) is 30.3 Å². The van der Waals surface area contributed by atoms with Crippen LogP contribution in [0.3, 0.4) is 0 Å². The van der Waals surface area contributed by atoms with E-state index >= 15 is 0 Å². The van der Waals surface area contributed by atoms with Crippen molar-refractivity contribution in [2.75, 3.05) is 0 Å². The fourth-order valence-corrected chi connectivity index (χ4v) is 4.37. The van der Waals surface area contributed by atoms with E-state index in [1.165, 1.54) is 0 Å². The molecule has 0 radical (unpaired) electrons. The molecule has 0 unspecified atom stereocenters. The molecule has 4 nitrogen and oxygen atoms in total. The third kappa shape index (κ3) is 2.23. The van der Waals surface area contributed by atoms with E-state index < -0.39 is 5.41 Å². The zero-order chi connectivity index (χ0) is 17.3. The second kappa shape index (κ2) is 6.16. The van der Waals surface area contributed by atoms with Gasteiger partial charge < -0.3 is 5.73 Å². The largest absolute Gasteiger partial charge is 0.399 e. The average Bonchev–Trinajstić information content (AvgIpc) is 2.61. The van der Waals surface area contributed by atoms with Gasteiger partial charge in [0.1, 0.15) is 6.07 Å². The Bertz CT molecular complexity index is 862. The van der Waals surface area contributed by atoms with Crippen molar-refractivity contribution in [3.05, 3.63) is 57.2 Å². The first kappa shape index (κ1) is 16.3. The van der Waals surface area contributed by atoms with Crippen molar-refractivity contribution in [1.82, 2.24) is 0 Å². The number of allylic oxidation sites excluding steroid dienone is 4. The van der Waals surface area contributed by atoms with E-state index in [1.54, 1.807) is 0 Å². The Labute approximate surface area is 149 Å². The van der Waals surface area contributed by atoms with Gasteiger partial charge in [-0.05, 0) is 48.4 Å². The molecule has 2 aliphatic carbocycles. The van der Waals surface area contributed by atoms with Crippen molar-refractivity contribution in [2.45, 2.75) is 25.2 Å². The number of fused-ring (bicyclic) bond motifs is 1. The highest BCUT2D eigenvalue weighted by Gasteiger charge is 2.53. The maximum atomic E-state index is 9.89. The molecule has 24 heavy (non-hydrogen) atoms. The normalized spacial score (nSPS) is 24.8. The Balaban J connectivity index is 2.34. The highest BCUT2D eigenvalue weighted by molar-refractivity contribution is 9.10. The van der Waals surface area contributed by atoms with Crippen LogP contribution in [0.4, 0.5) is 0 Å². The van der Waals surface area contributed by atoms with Crippen LogP contribution < -0.4 is 5.73 Å². The topological polar surface area (TPSA) is 97.4 Å². The van der Waals surface area contributed by atoms with Gasteiger partial charge in [-0.25, -0.2) is 0 Å². The van der Waals surface area contributed by atoms with Gasteiger partial charge in [-0.15, -0.1) is 0 Å². The van der Waals surface area contributed by atoms with Gasteiger partial charge in [-0.1, -0.05) is 34.1 Å². The first-order chi connectivity index (χ1) is 11.6. The Morgan fingerprint density at radius 1 is 1.21 bits per heavy atom. The second-order valence-electron chi connectivity index (χ2n) is 6.16. The number of benzene rings is 1. The number of hydrogen-bond acceptors (Lipinski definition) is 4. The van der Waals surface area contributed by atoms with Gasteiger partial charge in [0.05, 0.1) is 23.4 Å². The molecule has 5 heteroatoms. The number of rotatable bonds is 1. The maximum absolute atomic E-state index is 9.89. The summed E-state index contributed by atoms with van der Waals surface area (Å²) in [6.45, 7) is 0. The molecule has 2 atom stereocenters. The minimum absolute atomic E-state index is 0.0469. The molecule has 0 spiro atoms.